The van der Waals surface area contributed by atoms with E-state index in [4.69, 9.17) is 0 Å². The molecule has 2 aromatic rings. The first-order valence-corrected chi connectivity index (χ1v) is 9.23. The lowest BCUT2D eigenvalue weighted by molar-refractivity contribution is 0.0962. The molecular weight excluding hydrogens is 338 g/mol. The van der Waals surface area contributed by atoms with Crippen molar-refractivity contribution in [1.82, 2.24) is 15.3 Å². The molecule has 0 fully saturated rings. The van der Waals surface area contributed by atoms with Gasteiger partial charge < -0.3 is 10.4 Å². The summed E-state index contributed by atoms with van der Waals surface area (Å²) in [6.07, 6.45) is 0. The van der Waals surface area contributed by atoms with Crippen molar-refractivity contribution in [2.75, 3.05) is 7.05 Å². The molecule has 2 rings (SSSR count). The number of aromatic nitrogens is 2. The average molecular weight is 370 g/mol. The van der Waals surface area contributed by atoms with E-state index in [0.717, 1.165) is 16.7 Å². The van der Waals surface area contributed by atoms with Gasteiger partial charge in [0.2, 0.25) is 0 Å². The molecule has 1 aromatic carbocycles. The second-order valence-corrected chi connectivity index (χ2v) is 9.08. The molecule has 5 nitrogen and oxygen atoms in total. The van der Waals surface area contributed by atoms with Crippen LogP contribution >= 0.6 is 0 Å². The highest BCUT2D eigenvalue weighted by atomic mass is 16.3. The predicted molar refractivity (Wildman–Crippen MR) is 109 cm³/mol. The summed E-state index contributed by atoms with van der Waals surface area (Å²) in [6, 6.07) is 3.89. The van der Waals surface area contributed by atoms with Crippen LogP contribution in [-0.2, 0) is 10.8 Å². The fourth-order valence-corrected chi connectivity index (χ4v) is 3.23. The molecule has 0 bridgehead atoms. The molecule has 0 atom stereocenters. The van der Waals surface area contributed by atoms with Crippen LogP contribution in [0.3, 0.4) is 0 Å². The largest absolute Gasteiger partial charge is 0.507 e. The summed E-state index contributed by atoms with van der Waals surface area (Å²) in [6.45, 7) is 16.0. The van der Waals surface area contributed by atoms with E-state index in [9.17, 15) is 9.90 Å². The number of hydrogen-bond donors (Lipinski definition) is 2. The lowest BCUT2D eigenvalue weighted by Gasteiger charge is -2.28. The maximum atomic E-state index is 12.5. The zero-order chi connectivity index (χ0) is 20.7. The molecule has 146 valence electrons. The number of nitrogens with zero attached hydrogens (tertiary/aromatic N) is 2. The number of nitrogens with one attached hydrogen (secondary N) is 1. The van der Waals surface area contributed by atoms with Crippen LogP contribution in [0.4, 0.5) is 0 Å². The summed E-state index contributed by atoms with van der Waals surface area (Å²) in [5, 5.41) is 13.6. The van der Waals surface area contributed by atoms with Crippen LogP contribution in [0.1, 0.15) is 74.5 Å². The number of phenolic OH excluding ortho intramolecular Hbond substituents is 1. The number of amides is 1. The van der Waals surface area contributed by atoms with Crippen LogP contribution in [0.5, 0.6) is 5.75 Å². The Kier molecular flexibility index (Phi) is 5.37. The highest BCUT2D eigenvalue weighted by Crippen LogP contribution is 2.42. The van der Waals surface area contributed by atoms with E-state index < -0.39 is 0 Å². The van der Waals surface area contributed by atoms with Gasteiger partial charge in [0.25, 0.3) is 5.91 Å². The molecule has 0 unspecified atom stereocenters. The van der Waals surface area contributed by atoms with Crippen molar-refractivity contribution in [3.05, 3.63) is 40.3 Å². The van der Waals surface area contributed by atoms with Crippen molar-refractivity contribution in [3.8, 4) is 17.0 Å². The number of phenols is 1. The normalized spacial score (nSPS) is 12.2. The number of carbonyl (C=O) groups is 1. The predicted octanol–water partition coefficient (Wildman–Crippen LogP) is 4.42. The maximum absolute atomic E-state index is 12.5. The molecule has 0 saturated heterocycles. The Balaban J connectivity index is 2.94. The monoisotopic (exact) mass is 369 g/mol. The van der Waals surface area contributed by atoms with Gasteiger partial charge in [-0.25, -0.2) is 9.97 Å². The Morgan fingerprint density at radius 2 is 1.44 bits per heavy atom. The minimum Gasteiger partial charge on any atom is -0.507 e. The van der Waals surface area contributed by atoms with Gasteiger partial charge in [0.05, 0.1) is 17.0 Å². The van der Waals surface area contributed by atoms with E-state index in [-0.39, 0.29) is 16.7 Å². The van der Waals surface area contributed by atoms with Gasteiger partial charge in [0.1, 0.15) is 11.6 Å². The molecular formula is C22H31N3O2. The minimum absolute atomic E-state index is 0.217. The number of hydrogen-bond acceptors (Lipinski definition) is 4. The van der Waals surface area contributed by atoms with Crippen LogP contribution in [0, 0.1) is 13.8 Å². The van der Waals surface area contributed by atoms with Crippen LogP contribution in [0.2, 0.25) is 0 Å². The molecule has 1 aromatic heterocycles. The van der Waals surface area contributed by atoms with Gasteiger partial charge in [-0.15, -0.1) is 0 Å². The Morgan fingerprint density at radius 1 is 0.963 bits per heavy atom. The molecule has 5 heteroatoms. The smallest absolute Gasteiger partial charge is 0.255 e. The molecule has 0 spiro atoms. The molecule has 1 heterocycles. The summed E-state index contributed by atoms with van der Waals surface area (Å²) in [7, 11) is 1.60. The summed E-state index contributed by atoms with van der Waals surface area (Å²) < 4.78 is 0. The Morgan fingerprint density at radius 3 is 1.85 bits per heavy atom. The van der Waals surface area contributed by atoms with Gasteiger partial charge in [-0.3, -0.25) is 4.79 Å². The second kappa shape index (κ2) is 6.95. The Labute approximate surface area is 162 Å². The van der Waals surface area contributed by atoms with Crippen LogP contribution in [0.15, 0.2) is 12.1 Å². The first kappa shape index (κ1) is 20.9. The number of aromatic hydroxyl groups is 1. The third kappa shape index (κ3) is 4.12. The Hall–Kier alpha value is -2.43. The molecule has 0 aliphatic heterocycles. The maximum Gasteiger partial charge on any atom is 0.255 e. The lowest BCUT2D eigenvalue weighted by Crippen LogP contribution is -2.22. The van der Waals surface area contributed by atoms with Crippen molar-refractivity contribution in [3.63, 3.8) is 0 Å². The van der Waals surface area contributed by atoms with Crippen LogP contribution in [0.25, 0.3) is 11.3 Å². The van der Waals surface area contributed by atoms with Gasteiger partial charge in [-0.05, 0) is 36.8 Å². The number of carbonyl (C=O) groups excluding carboxylic acids is 1. The summed E-state index contributed by atoms with van der Waals surface area (Å²) in [5.74, 6) is 0.700. The molecule has 2 N–H and O–H groups in total. The zero-order valence-electron chi connectivity index (χ0n) is 17.9. The Bertz CT molecular complexity index is 853. The minimum atomic E-state index is -0.260. The van der Waals surface area contributed by atoms with Gasteiger partial charge in [-0.1, -0.05) is 41.5 Å². The molecule has 0 aliphatic rings. The van der Waals surface area contributed by atoms with Gasteiger partial charge in [0.15, 0.2) is 0 Å². The van der Waals surface area contributed by atoms with Crippen molar-refractivity contribution in [2.45, 2.75) is 66.2 Å². The first-order chi connectivity index (χ1) is 12.3. The molecule has 1 amide bonds. The fraction of sp³-hybridized carbons (Fsp3) is 0.500. The van der Waals surface area contributed by atoms with Crippen LogP contribution < -0.4 is 5.32 Å². The summed E-state index contributed by atoms with van der Waals surface area (Å²) in [4.78, 5) is 21.5. The number of benzene rings is 1. The molecule has 0 saturated carbocycles. The topological polar surface area (TPSA) is 75.1 Å². The van der Waals surface area contributed by atoms with Crippen molar-refractivity contribution >= 4 is 5.91 Å². The standard InChI is InChI=1S/C22H31N3O2/c1-12-17(20(27)23-9)18(25-13(2)24-12)14-10-15(21(3,4)5)19(26)16(11-14)22(6,7)8/h10-11,26H,1-9H3,(H,23,27). The fourth-order valence-electron chi connectivity index (χ4n) is 3.23. The van der Waals surface area contributed by atoms with Gasteiger partial charge in [-0.2, -0.15) is 0 Å². The van der Waals surface area contributed by atoms with E-state index in [1.165, 1.54) is 0 Å². The quantitative estimate of drug-likeness (QED) is 0.822. The first-order valence-electron chi connectivity index (χ1n) is 9.23. The zero-order valence-corrected chi connectivity index (χ0v) is 17.9. The van der Waals surface area contributed by atoms with Crippen molar-refractivity contribution in [2.24, 2.45) is 0 Å². The third-order valence-corrected chi connectivity index (χ3v) is 4.66. The van der Waals surface area contributed by atoms with E-state index in [0.29, 0.717) is 28.5 Å². The van der Waals surface area contributed by atoms with Gasteiger partial charge >= 0.3 is 0 Å². The molecule has 0 radical (unpaired) electrons. The molecule has 0 aliphatic carbocycles. The van der Waals surface area contributed by atoms with Crippen molar-refractivity contribution < 1.29 is 9.90 Å². The summed E-state index contributed by atoms with van der Waals surface area (Å²) in [5.41, 5.74) is 3.66. The number of rotatable bonds is 2. The van der Waals surface area contributed by atoms with E-state index in [2.05, 4.69) is 56.8 Å². The highest BCUT2D eigenvalue weighted by molar-refractivity contribution is 6.00. The lowest BCUT2D eigenvalue weighted by atomic mass is 9.78. The average Bonchev–Trinajstić information content (AvgIpc) is 2.51. The van der Waals surface area contributed by atoms with E-state index in [1.54, 1.807) is 7.05 Å². The van der Waals surface area contributed by atoms with Crippen LogP contribution in [-0.4, -0.2) is 28.0 Å². The third-order valence-electron chi connectivity index (χ3n) is 4.66. The van der Waals surface area contributed by atoms with Crippen molar-refractivity contribution in [1.29, 1.82) is 0 Å². The van der Waals surface area contributed by atoms with Gasteiger partial charge in [0, 0.05) is 23.7 Å². The number of aryl methyl sites for hydroxylation is 2. The highest BCUT2D eigenvalue weighted by Gasteiger charge is 2.28. The van der Waals surface area contributed by atoms with E-state index in [1.807, 2.05) is 26.0 Å². The second-order valence-electron chi connectivity index (χ2n) is 9.08. The SMILES string of the molecule is CNC(=O)c1c(C)nc(C)nc1-c1cc(C(C)(C)C)c(O)c(C(C)(C)C)c1. The van der Waals surface area contributed by atoms with E-state index >= 15 is 0 Å². The summed E-state index contributed by atoms with van der Waals surface area (Å²) >= 11 is 0. The molecule has 27 heavy (non-hydrogen) atoms.